The summed E-state index contributed by atoms with van der Waals surface area (Å²) >= 11 is 0. The molecule has 1 aromatic carbocycles. The van der Waals surface area contributed by atoms with E-state index in [1.165, 1.54) is 38.9 Å². The average Bonchev–Trinajstić information content (AvgIpc) is 2.60. The van der Waals surface area contributed by atoms with Gasteiger partial charge < -0.3 is 20.3 Å². The zero-order chi connectivity index (χ0) is 16.5. The van der Waals surface area contributed by atoms with Crippen molar-refractivity contribution in [3.8, 4) is 5.75 Å². The van der Waals surface area contributed by atoms with E-state index in [9.17, 15) is 0 Å². The number of likely N-dealkylation sites (tertiary alicyclic amines) is 1. The number of aliphatic imine (C=N–C) groups is 1. The lowest BCUT2D eigenvalue weighted by Gasteiger charge is -2.32. The molecule has 5 nitrogen and oxygen atoms in total. The third kappa shape index (κ3) is 6.47. The zero-order valence-corrected chi connectivity index (χ0v) is 17.4. The average molecular weight is 446 g/mol. The molecule has 1 aromatic rings. The Kier molecular flexibility index (Phi) is 10.1. The first kappa shape index (κ1) is 21.0. The lowest BCUT2D eigenvalue weighted by molar-refractivity contribution is 0.206. The van der Waals surface area contributed by atoms with E-state index in [2.05, 4.69) is 33.5 Å². The maximum Gasteiger partial charge on any atom is 0.191 e. The number of hydrogen-bond acceptors (Lipinski definition) is 3. The smallest absolute Gasteiger partial charge is 0.191 e. The molecule has 1 fully saturated rings. The van der Waals surface area contributed by atoms with Crippen LogP contribution in [-0.2, 0) is 6.54 Å². The van der Waals surface area contributed by atoms with Crippen LogP contribution >= 0.6 is 24.0 Å². The number of guanidine groups is 1. The van der Waals surface area contributed by atoms with E-state index in [1.54, 1.807) is 7.11 Å². The van der Waals surface area contributed by atoms with E-state index in [0.29, 0.717) is 12.6 Å². The molecule has 0 radical (unpaired) electrons. The Balaban J connectivity index is 0.00000288. The second kappa shape index (κ2) is 11.5. The van der Waals surface area contributed by atoms with Crippen LogP contribution in [0.25, 0.3) is 0 Å². The summed E-state index contributed by atoms with van der Waals surface area (Å²) in [6, 6.07) is 8.57. The van der Waals surface area contributed by atoms with Gasteiger partial charge in [-0.15, -0.1) is 24.0 Å². The van der Waals surface area contributed by atoms with E-state index < -0.39 is 0 Å². The fraction of sp³-hybridized carbons (Fsp3) is 0.611. The molecule has 0 unspecified atom stereocenters. The van der Waals surface area contributed by atoms with Crippen molar-refractivity contribution in [1.82, 2.24) is 15.5 Å². The number of nitrogens with zero attached hydrogens (tertiary/aromatic N) is 2. The molecule has 0 saturated carbocycles. The minimum absolute atomic E-state index is 0. The highest BCUT2D eigenvalue weighted by Gasteiger charge is 2.19. The molecule has 6 heteroatoms. The van der Waals surface area contributed by atoms with Gasteiger partial charge in [0.15, 0.2) is 5.96 Å². The van der Waals surface area contributed by atoms with Crippen LogP contribution in [0.1, 0.15) is 31.7 Å². The van der Waals surface area contributed by atoms with E-state index in [4.69, 9.17) is 4.74 Å². The summed E-state index contributed by atoms with van der Waals surface area (Å²) < 4.78 is 5.39. The third-order valence-electron chi connectivity index (χ3n) is 4.33. The fourth-order valence-electron chi connectivity index (χ4n) is 3.03. The van der Waals surface area contributed by atoms with Crippen molar-refractivity contribution in [3.05, 3.63) is 29.8 Å². The topological polar surface area (TPSA) is 48.9 Å². The van der Waals surface area contributed by atoms with Gasteiger partial charge >= 0.3 is 0 Å². The first-order valence-electron chi connectivity index (χ1n) is 8.58. The van der Waals surface area contributed by atoms with Crippen molar-refractivity contribution in [2.24, 2.45) is 4.99 Å². The zero-order valence-electron chi connectivity index (χ0n) is 15.0. The van der Waals surface area contributed by atoms with E-state index in [0.717, 1.165) is 17.3 Å². The lowest BCUT2D eigenvalue weighted by atomic mass is 10.1. The highest BCUT2D eigenvalue weighted by atomic mass is 127. The Morgan fingerprint density at radius 2 is 2.00 bits per heavy atom. The van der Waals surface area contributed by atoms with E-state index in [-0.39, 0.29) is 24.0 Å². The fourth-order valence-corrected chi connectivity index (χ4v) is 3.03. The molecule has 2 N–H and O–H groups in total. The lowest BCUT2D eigenvalue weighted by Crippen LogP contribution is -2.48. The second-order valence-electron chi connectivity index (χ2n) is 6.00. The maximum absolute atomic E-state index is 5.39. The maximum atomic E-state index is 5.39. The predicted octanol–water partition coefficient (Wildman–Crippen LogP) is 2.85. The van der Waals surface area contributed by atoms with Crippen molar-refractivity contribution in [3.63, 3.8) is 0 Å². The summed E-state index contributed by atoms with van der Waals surface area (Å²) in [7, 11) is 3.53. The van der Waals surface area contributed by atoms with Gasteiger partial charge in [0.1, 0.15) is 5.75 Å². The quantitative estimate of drug-likeness (QED) is 0.401. The van der Waals surface area contributed by atoms with Crippen molar-refractivity contribution in [2.45, 2.75) is 38.8 Å². The SMILES string of the molecule is CCCN1CCC(NC(=NC)NCc2ccccc2OC)CC1.I. The van der Waals surface area contributed by atoms with Gasteiger partial charge in [-0.3, -0.25) is 4.99 Å². The van der Waals surface area contributed by atoms with E-state index in [1.807, 2.05) is 25.2 Å². The summed E-state index contributed by atoms with van der Waals surface area (Å²) in [6.45, 7) is 6.52. The summed E-state index contributed by atoms with van der Waals surface area (Å²) in [5.41, 5.74) is 1.13. The summed E-state index contributed by atoms with van der Waals surface area (Å²) in [4.78, 5) is 6.89. The van der Waals surface area contributed by atoms with Crippen molar-refractivity contribution in [1.29, 1.82) is 0 Å². The molecule has 0 atom stereocenters. The van der Waals surface area contributed by atoms with Crippen LogP contribution in [0.2, 0.25) is 0 Å². The van der Waals surface area contributed by atoms with Gasteiger partial charge in [-0.2, -0.15) is 0 Å². The van der Waals surface area contributed by atoms with Crippen molar-refractivity contribution < 1.29 is 4.74 Å². The van der Waals surface area contributed by atoms with Gasteiger partial charge in [0, 0.05) is 38.3 Å². The molecule has 136 valence electrons. The molecule has 0 spiro atoms. The number of rotatable bonds is 6. The van der Waals surface area contributed by atoms with Gasteiger partial charge in [-0.05, 0) is 31.9 Å². The molecule has 1 heterocycles. The number of halogens is 1. The minimum atomic E-state index is 0. The normalized spacial score (nSPS) is 16.4. The van der Waals surface area contributed by atoms with Gasteiger partial charge in [-0.25, -0.2) is 0 Å². The monoisotopic (exact) mass is 446 g/mol. The first-order chi connectivity index (χ1) is 11.3. The number of para-hydroxylation sites is 1. The summed E-state index contributed by atoms with van der Waals surface area (Å²) in [5, 5.41) is 6.94. The van der Waals surface area contributed by atoms with Gasteiger partial charge in [0.2, 0.25) is 0 Å². The van der Waals surface area contributed by atoms with Crippen LogP contribution in [0, 0.1) is 0 Å². The number of ether oxygens (including phenoxy) is 1. The third-order valence-corrected chi connectivity index (χ3v) is 4.33. The summed E-state index contributed by atoms with van der Waals surface area (Å²) in [5.74, 6) is 1.77. The van der Waals surface area contributed by atoms with Gasteiger partial charge in [0.25, 0.3) is 0 Å². The van der Waals surface area contributed by atoms with Crippen LogP contribution < -0.4 is 15.4 Å². The van der Waals surface area contributed by atoms with Crippen LogP contribution in [-0.4, -0.2) is 50.7 Å². The Morgan fingerprint density at radius 3 is 2.62 bits per heavy atom. The highest BCUT2D eigenvalue weighted by Crippen LogP contribution is 2.16. The van der Waals surface area contributed by atoms with Crippen LogP contribution in [0.5, 0.6) is 5.75 Å². The molecule has 0 amide bonds. The van der Waals surface area contributed by atoms with Crippen LogP contribution in [0.4, 0.5) is 0 Å². The Bertz CT molecular complexity index is 502. The Hall–Kier alpha value is -1.02. The van der Waals surface area contributed by atoms with Crippen molar-refractivity contribution >= 4 is 29.9 Å². The molecule has 0 aromatic heterocycles. The largest absolute Gasteiger partial charge is 0.496 e. The Labute approximate surface area is 163 Å². The van der Waals surface area contributed by atoms with Crippen LogP contribution in [0.15, 0.2) is 29.3 Å². The van der Waals surface area contributed by atoms with Gasteiger partial charge in [-0.1, -0.05) is 25.1 Å². The number of piperidine rings is 1. The molecule has 1 aliphatic heterocycles. The molecular weight excluding hydrogens is 415 g/mol. The predicted molar refractivity (Wildman–Crippen MR) is 111 cm³/mol. The molecule has 0 bridgehead atoms. The highest BCUT2D eigenvalue weighted by molar-refractivity contribution is 14.0. The number of nitrogens with one attached hydrogen (secondary N) is 2. The van der Waals surface area contributed by atoms with Crippen LogP contribution in [0.3, 0.4) is 0 Å². The number of methoxy groups -OCH3 is 1. The minimum Gasteiger partial charge on any atom is -0.496 e. The molecule has 24 heavy (non-hydrogen) atoms. The molecular formula is C18H31IN4O. The standard InChI is InChI=1S/C18H30N4O.HI/c1-4-11-22-12-9-16(10-13-22)21-18(19-2)20-14-15-7-5-6-8-17(15)23-3;/h5-8,16H,4,9-14H2,1-3H3,(H2,19,20,21);1H. The number of hydrogen-bond donors (Lipinski definition) is 2. The molecule has 2 rings (SSSR count). The molecule has 1 aliphatic rings. The number of benzene rings is 1. The van der Waals surface area contributed by atoms with Crippen molar-refractivity contribution in [2.75, 3.05) is 33.8 Å². The molecule has 1 saturated heterocycles. The Morgan fingerprint density at radius 1 is 1.29 bits per heavy atom. The van der Waals surface area contributed by atoms with Gasteiger partial charge in [0.05, 0.1) is 7.11 Å². The first-order valence-corrected chi connectivity index (χ1v) is 8.58. The molecule has 0 aliphatic carbocycles. The summed E-state index contributed by atoms with van der Waals surface area (Å²) in [6.07, 6.45) is 3.59. The second-order valence-corrected chi connectivity index (χ2v) is 6.00. The van der Waals surface area contributed by atoms with E-state index >= 15 is 0 Å².